The smallest absolute Gasteiger partial charge is 0.159 e. The van der Waals surface area contributed by atoms with Crippen LogP contribution in [0.25, 0.3) is 5.69 Å². The predicted octanol–water partition coefficient (Wildman–Crippen LogP) is 2.86. The molecule has 5 heteroatoms. The number of benzene rings is 1. The standard InChI is InChI=1S/C12H13BrN4/c1-2-8-7-10(13)5-6-11(8)17-12(9-3-4-9)14-15-16-17/h5-7,9H,2-4H2,1H3. The van der Waals surface area contributed by atoms with E-state index in [2.05, 4.69) is 50.5 Å². The Hall–Kier alpha value is -1.23. The highest BCUT2D eigenvalue weighted by Gasteiger charge is 2.30. The maximum absolute atomic E-state index is 4.14. The lowest BCUT2D eigenvalue weighted by molar-refractivity contribution is 0.755. The van der Waals surface area contributed by atoms with Crippen LogP contribution in [0.2, 0.25) is 0 Å². The van der Waals surface area contributed by atoms with Gasteiger partial charge in [-0.2, -0.15) is 4.68 Å². The summed E-state index contributed by atoms with van der Waals surface area (Å²) in [6.45, 7) is 2.15. The molecule has 0 N–H and O–H groups in total. The molecule has 1 aromatic carbocycles. The highest BCUT2D eigenvalue weighted by molar-refractivity contribution is 9.10. The van der Waals surface area contributed by atoms with Gasteiger partial charge in [0.1, 0.15) is 0 Å². The van der Waals surface area contributed by atoms with Gasteiger partial charge >= 0.3 is 0 Å². The summed E-state index contributed by atoms with van der Waals surface area (Å²) in [5.74, 6) is 1.56. The van der Waals surface area contributed by atoms with Crippen LogP contribution in [0, 0.1) is 0 Å². The molecule has 1 fully saturated rings. The molecule has 0 saturated heterocycles. The Balaban J connectivity index is 2.10. The average Bonchev–Trinajstić information content (AvgIpc) is 3.07. The summed E-state index contributed by atoms with van der Waals surface area (Å²) < 4.78 is 2.99. The van der Waals surface area contributed by atoms with E-state index in [0.717, 1.165) is 22.4 Å². The summed E-state index contributed by atoms with van der Waals surface area (Å²) in [5, 5.41) is 12.1. The van der Waals surface area contributed by atoms with Crippen molar-refractivity contribution >= 4 is 15.9 Å². The number of hydrogen-bond donors (Lipinski definition) is 0. The fourth-order valence-electron chi connectivity index (χ4n) is 2.01. The molecule has 17 heavy (non-hydrogen) atoms. The Labute approximate surface area is 108 Å². The van der Waals surface area contributed by atoms with Crippen molar-refractivity contribution in [2.75, 3.05) is 0 Å². The van der Waals surface area contributed by atoms with Crippen LogP contribution in [0.15, 0.2) is 22.7 Å². The van der Waals surface area contributed by atoms with E-state index in [9.17, 15) is 0 Å². The number of tetrazole rings is 1. The Morgan fingerprint density at radius 2 is 2.24 bits per heavy atom. The molecule has 0 aliphatic heterocycles. The second kappa shape index (κ2) is 4.22. The molecule has 0 unspecified atom stereocenters. The van der Waals surface area contributed by atoms with Gasteiger partial charge in [-0.05, 0) is 53.5 Å². The number of hydrogen-bond acceptors (Lipinski definition) is 3. The average molecular weight is 293 g/mol. The summed E-state index contributed by atoms with van der Waals surface area (Å²) in [7, 11) is 0. The Kier molecular flexibility index (Phi) is 2.70. The third-order valence-electron chi connectivity index (χ3n) is 3.09. The predicted molar refractivity (Wildman–Crippen MR) is 68.2 cm³/mol. The molecule has 1 heterocycles. The van der Waals surface area contributed by atoms with Gasteiger partial charge in [-0.1, -0.05) is 22.9 Å². The van der Waals surface area contributed by atoms with E-state index in [1.165, 1.54) is 18.4 Å². The van der Waals surface area contributed by atoms with E-state index in [4.69, 9.17) is 0 Å². The zero-order chi connectivity index (χ0) is 11.8. The van der Waals surface area contributed by atoms with E-state index in [-0.39, 0.29) is 0 Å². The van der Waals surface area contributed by atoms with Crippen LogP contribution in [0.5, 0.6) is 0 Å². The quantitative estimate of drug-likeness (QED) is 0.874. The number of rotatable bonds is 3. The summed E-state index contributed by atoms with van der Waals surface area (Å²) in [6, 6.07) is 6.24. The van der Waals surface area contributed by atoms with Crippen molar-refractivity contribution in [1.82, 2.24) is 20.2 Å². The molecule has 0 spiro atoms. The van der Waals surface area contributed by atoms with Gasteiger partial charge in [0.05, 0.1) is 5.69 Å². The minimum Gasteiger partial charge on any atom is -0.197 e. The molecule has 0 radical (unpaired) electrons. The van der Waals surface area contributed by atoms with Gasteiger partial charge in [0.2, 0.25) is 0 Å². The normalized spacial score (nSPS) is 15.2. The first kappa shape index (κ1) is 10.9. The molecule has 1 aliphatic carbocycles. The highest BCUT2D eigenvalue weighted by atomic mass is 79.9. The van der Waals surface area contributed by atoms with Crippen LogP contribution < -0.4 is 0 Å². The molecule has 2 aromatic rings. The number of aryl methyl sites for hydroxylation is 1. The van der Waals surface area contributed by atoms with Crippen LogP contribution >= 0.6 is 15.9 Å². The van der Waals surface area contributed by atoms with Crippen molar-refractivity contribution in [2.45, 2.75) is 32.1 Å². The second-order valence-electron chi connectivity index (χ2n) is 4.35. The van der Waals surface area contributed by atoms with Crippen molar-refractivity contribution < 1.29 is 0 Å². The van der Waals surface area contributed by atoms with Gasteiger partial charge in [-0.25, -0.2) is 0 Å². The molecular formula is C12H13BrN4. The largest absolute Gasteiger partial charge is 0.197 e. The lowest BCUT2D eigenvalue weighted by Gasteiger charge is -2.09. The molecular weight excluding hydrogens is 280 g/mol. The summed E-state index contributed by atoms with van der Waals surface area (Å²) in [5.41, 5.74) is 2.36. The fourth-order valence-corrected chi connectivity index (χ4v) is 2.41. The first-order chi connectivity index (χ1) is 8.29. The Morgan fingerprint density at radius 1 is 1.41 bits per heavy atom. The third-order valence-corrected chi connectivity index (χ3v) is 3.58. The molecule has 1 aromatic heterocycles. The Morgan fingerprint density at radius 3 is 2.94 bits per heavy atom. The van der Waals surface area contributed by atoms with Gasteiger partial charge in [-0.15, -0.1) is 5.10 Å². The number of halogens is 1. The summed E-state index contributed by atoms with van der Waals surface area (Å²) >= 11 is 3.50. The van der Waals surface area contributed by atoms with Gasteiger partial charge in [0.25, 0.3) is 0 Å². The van der Waals surface area contributed by atoms with Crippen molar-refractivity contribution in [3.63, 3.8) is 0 Å². The number of aromatic nitrogens is 4. The first-order valence-electron chi connectivity index (χ1n) is 5.86. The molecule has 1 saturated carbocycles. The van der Waals surface area contributed by atoms with Crippen molar-refractivity contribution in [3.8, 4) is 5.69 Å². The van der Waals surface area contributed by atoms with Crippen LogP contribution in [-0.4, -0.2) is 20.2 Å². The second-order valence-corrected chi connectivity index (χ2v) is 5.27. The van der Waals surface area contributed by atoms with Gasteiger partial charge in [-0.3, -0.25) is 0 Å². The van der Waals surface area contributed by atoms with E-state index in [0.29, 0.717) is 5.92 Å². The molecule has 4 nitrogen and oxygen atoms in total. The maximum atomic E-state index is 4.14. The third kappa shape index (κ3) is 1.99. The van der Waals surface area contributed by atoms with E-state index < -0.39 is 0 Å². The van der Waals surface area contributed by atoms with Gasteiger partial charge < -0.3 is 0 Å². The molecule has 88 valence electrons. The molecule has 1 aliphatic rings. The van der Waals surface area contributed by atoms with Crippen molar-refractivity contribution in [3.05, 3.63) is 34.1 Å². The van der Waals surface area contributed by atoms with E-state index in [1.54, 1.807) is 0 Å². The molecule has 0 atom stereocenters. The zero-order valence-electron chi connectivity index (χ0n) is 9.60. The lowest BCUT2D eigenvalue weighted by atomic mass is 10.1. The van der Waals surface area contributed by atoms with Crippen molar-refractivity contribution in [2.24, 2.45) is 0 Å². The molecule has 0 bridgehead atoms. The summed E-state index contributed by atoms with van der Waals surface area (Å²) in [6.07, 6.45) is 3.38. The first-order valence-corrected chi connectivity index (χ1v) is 6.66. The SMILES string of the molecule is CCc1cc(Br)ccc1-n1nnnc1C1CC1. The fraction of sp³-hybridized carbons (Fsp3) is 0.417. The maximum Gasteiger partial charge on any atom is 0.159 e. The van der Waals surface area contributed by atoms with Crippen LogP contribution in [0.1, 0.15) is 37.1 Å². The molecule has 0 amide bonds. The van der Waals surface area contributed by atoms with E-state index >= 15 is 0 Å². The zero-order valence-corrected chi connectivity index (χ0v) is 11.2. The van der Waals surface area contributed by atoms with Crippen LogP contribution in [0.3, 0.4) is 0 Å². The van der Waals surface area contributed by atoms with Crippen LogP contribution in [0.4, 0.5) is 0 Å². The van der Waals surface area contributed by atoms with E-state index in [1.807, 2.05) is 10.7 Å². The monoisotopic (exact) mass is 292 g/mol. The van der Waals surface area contributed by atoms with Gasteiger partial charge in [0.15, 0.2) is 5.82 Å². The van der Waals surface area contributed by atoms with Gasteiger partial charge in [0, 0.05) is 10.4 Å². The number of nitrogens with zero attached hydrogens (tertiary/aromatic N) is 4. The van der Waals surface area contributed by atoms with Crippen molar-refractivity contribution in [1.29, 1.82) is 0 Å². The Bertz CT molecular complexity index is 545. The van der Waals surface area contributed by atoms with Crippen LogP contribution in [-0.2, 0) is 6.42 Å². The highest BCUT2D eigenvalue weighted by Crippen LogP contribution is 2.39. The molecule has 3 rings (SSSR count). The summed E-state index contributed by atoms with van der Waals surface area (Å²) in [4.78, 5) is 0. The minimum atomic E-state index is 0.554. The topological polar surface area (TPSA) is 43.6 Å². The lowest BCUT2D eigenvalue weighted by Crippen LogP contribution is -2.05. The minimum absolute atomic E-state index is 0.554.